The predicted molar refractivity (Wildman–Crippen MR) is 94.4 cm³/mol. The Hall–Kier alpha value is -2.02. The molecule has 1 aromatic rings. The van der Waals surface area contributed by atoms with Crippen LogP contribution in [0.15, 0.2) is 18.6 Å². The number of rotatable bonds is 3. The monoisotopic (exact) mass is 358 g/mol. The van der Waals surface area contributed by atoms with Gasteiger partial charge in [-0.15, -0.1) is 0 Å². The van der Waals surface area contributed by atoms with Gasteiger partial charge in [0.25, 0.3) is 5.91 Å². The molecule has 26 heavy (non-hydrogen) atoms. The van der Waals surface area contributed by atoms with Crippen LogP contribution >= 0.6 is 0 Å². The summed E-state index contributed by atoms with van der Waals surface area (Å²) >= 11 is 0. The van der Waals surface area contributed by atoms with Crippen LogP contribution in [0.25, 0.3) is 0 Å². The Balaban J connectivity index is 1.36. The van der Waals surface area contributed by atoms with Crippen molar-refractivity contribution in [1.29, 1.82) is 0 Å². The molecule has 2 amide bonds. The fourth-order valence-electron chi connectivity index (χ4n) is 4.47. The lowest BCUT2D eigenvalue weighted by molar-refractivity contribution is -0.141. The van der Waals surface area contributed by atoms with Crippen molar-refractivity contribution < 1.29 is 14.3 Å². The highest BCUT2D eigenvalue weighted by atomic mass is 16.5. The Morgan fingerprint density at radius 1 is 1.27 bits per heavy atom. The van der Waals surface area contributed by atoms with Gasteiger partial charge in [-0.2, -0.15) is 0 Å². The topological polar surface area (TPSA) is 75.6 Å². The molecule has 0 radical (unpaired) electrons. The molecule has 4 heterocycles. The van der Waals surface area contributed by atoms with Crippen molar-refractivity contribution in [2.75, 3.05) is 32.8 Å². The summed E-state index contributed by atoms with van der Waals surface area (Å²) in [5.74, 6) is 0.209. The lowest BCUT2D eigenvalue weighted by Crippen LogP contribution is -2.53. The molecule has 4 rings (SSSR count). The summed E-state index contributed by atoms with van der Waals surface area (Å²) in [5, 5.41) is 0. The van der Waals surface area contributed by atoms with Crippen molar-refractivity contribution in [2.24, 2.45) is 5.41 Å². The SMILES string of the molecule is O=C1CCC2(CCN(C(=O)c3cnccn3)CC2)CN1CC1CCCO1. The Labute approximate surface area is 153 Å². The minimum atomic E-state index is -0.0453. The Morgan fingerprint density at radius 3 is 2.81 bits per heavy atom. The molecule has 1 aromatic heterocycles. The first-order chi connectivity index (χ1) is 12.7. The van der Waals surface area contributed by atoms with E-state index < -0.39 is 0 Å². The molecule has 0 aliphatic carbocycles. The van der Waals surface area contributed by atoms with E-state index in [1.54, 1.807) is 12.4 Å². The van der Waals surface area contributed by atoms with Gasteiger partial charge in [0.05, 0.1) is 12.3 Å². The maximum Gasteiger partial charge on any atom is 0.274 e. The molecule has 1 atom stereocenters. The van der Waals surface area contributed by atoms with Gasteiger partial charge in [-0.05, 0) is 37.5 Å². The van der Waals surface area contributed by atoms with Crippen molar-refractivity contribution in [2.45, 2.75) is 44.6 Å². The van der Waals surface area contributed by atoms with Crippen molar-refractivity contribution in [3.8, 4) is 0 Å². The molecule has 3 saturated heterocycles. The Morgan fingerprint density at radius 2 is 2.12 bits per heavy atom. The van der Waals surface area contributed by atoms with Gasteiger partial charge in [-0.25, -0.2) is 4.98 Å². The first-order valence-corrected chi connectivity index (χ1v) is 9.60. The largest absolute Gasteiger partial charge is 0.376 e. The molecule has 140 valence electrons. The summed E-state index contributed by atoms with van der Waals surface area (Å²) in [6.45, 7) is 3.79. The van der Waals surface area contributed by atoms with Crippen LogP contribution in [0.2, 0.25) is 0 Å². The second kappa shape index (κ2) is 7.31. The van der Waals surface area contributed by atoms with E-state index >= 15 is 0 Å². The molecule has 1 spiro atoms. The average molecular weight is 358 g/mol. The van der Waals surface area contributed by atoms with Crippen LogP contribution in [0, 0.1) is 5.41 Å². The normalized spacial score (nSPS) is 25.7. The molecule has 3 aliphatic rings. The van der Waals surface area contributed by atoms with Gasteiger partial charge < -0.3 is 14.5 Å². The fourth-order valence-corrected chi connectivity index (χ4v) is 4.47. The second-order valence-electron chi connectivity index (χ2n) is 7.79. The van der Waals surface area contributed by atoms with Crippen LogP contribution in [-0.2, 0) is 9.53 Å². The van der Waals surface area contributed by atoms with Gasteiger partial charge in [-0.3, -0.25) is 14.6 Å². The van der Waals surface area contributed by atoms with Gasteiger partial charge >= 0.3 is 0 Å². The molecule has 0 saturated carbocycles. The summed E-state index contributed by atoms with van der Waals surface area (Å²) in [5.41, 5.74) is 0.549. The number of hydrogen-bond acceptors (Lipinski definition) is 5. The summed E-state index contributed by atoms with van der Waals surface area (Å²) in [6.07, 6.45) is 10.4. The van der Waals surface area contributed by atoms with E-state index in [4.69, 9.17) is 4.74 Å². The summed E-state index contributed by atoms with van der Waals surface area (Å²) in [7, 11) is 0. The zero-order chi connectivity index (χ0) is 18.0. The Kier molecular flexibility index (Phi) is 4.89. The number of ether oxygens (including phenoxy) is 1. The fraction of sp³-hybridized carbons (Fsp3) is 0.684. The van der Waals surface area contributed by atoms with Gasteiger partial charge in [0, 0.05) is 51.6 Å². The van der Waals surface area contributed by atoms with Crippen LogP contribution in [0.3, 0.4) is 0 Å². The van der Waals surface area contributed by atoms with E-state index in [2.05, 4.69) is 9.97 Å². The third kappa shape index (κ3) is 3.58. The maximum absolute atomic E-state index is 12.6. The summed E-state index contributed by atoms with van der Waals surface area (Å²) < 4.78 is 5.72. The zero-order valence-electron chi connectivity index (χ0n) is 15.1. The number of amides is 2. The summed E-state index contributed by atoms with van der Waals surface area (Å²) in [6, 6.07) is 0. The lowest BCUT2D eigenvalue weighted by Gasteiger charge is -2.47. The Bertz CT molecular complexity index is 652. The number of aromatic nitrogens is 2. The van der Waals surface area contributed by atoms with Crippen LogP contribution < -0.4 is 0 Å². The van der Waals surface area contributed by atoms with Gasteiger partial charge in [0.2, 0.25) is 5.91 Å². The van der Waals surface area contributed by atoms with E-state index in [0.717, 1.165) is 64.9 Å². The quantitative estimate of drug-likeness (QED) is 0.818. The highest BCUT2D eigenvalue weighted by Crippen LogP contribution is 2.40. The van der Waals surface area contributed by atoms with Crippen molar-refractivity contribution in [3.05, 3.63) is 24.3 Å². The molecule has 0 N–H and O–H groups in total. The third-order valence-corrected chi connectivity index (χ3v) is 6.09. The number of nitrogens with zero attached hydrogens (tertiary/aromatic N) is 4. The van der Waals surface area contributed by atoms with E-state index in [1.165, 1.54) is 6.20 Å². The number of carbonyl (C=O) groups excluding carboxylic acids is 2. The van der Waals surface area contributed by atoms with Gasteiger partial charge in [-0.1, -0.05) is 0 Å². The third-order valence-electron chi connectivity index (χ3n) is 6.09. The van der Waals surface area contributed by atoms with Gasteiger partial charge in [0.15, 0.2) is 0 Å². The molecule has 3 fully saturated rings. The van der Waals surface area contributed by atoms with E-state index in [0.29, 0.717) is 12.1 Å². The molecule has 0 bridgehead atoms. The molecule has 7 nitrogen and oxygen atoms in total. The van der Waals surface area contributed by atoms with Crippen LogP contribution in [0.1, 0.15) is 49.0 Å². The minimum absolute atomic E-state index is 0.0453. The van der Waals surface area contributed by atoms with Gasteiger partial charge in [0.1, 0.15) is 5.69 Å². The van der Waals surface area contributed by atoms with Crippen molar-refractivity contribution in [1.82, 2.24) is 19.8 Å². The minimum Gasteiger partial charge on any atom is -0.376 e. The first-order valence-electron chi connectivity index (χ1n) is 9.60. The molecular weight excluding hydrogens is 332 g/mol. The van der Waals surface area contributed by atoms with Crippen molar-refractivity contribution >= 4 is 11.8 Å². The van der Waals surface area contributed by atoms with Crippen molar-refractivity contribution in [3.63, 3.8) is 0 Å². The van der Waals surface area contributed by atoms with E-state index in [-0.39, 0.29) is 23.3 Å². The average Bonchev–Trinajstić information content (AvgIpc) is 3.19. The van der Waals surface area contributed by atoms with Crippen LogP contribution in [0.4, 0.5) is 0 Å². The molecule has 0 aromatic carbocycles. The number of likely N-dealkylation sites (tertiary alicyclic amines) is 2. The zero-order valence-corrected chi connectivity index (χ0v) is 15.1. The predicted octanol–water partition coefficient (Wildman–Crippen LogP) is 1.50. The molecule has 7 heteroatoms. The molecular formula is C19H26N4O3. The number of hydrogen-bond donors (Lipinski definition) is 0. The molecule has 1 unspecified atom stereocenters. The van der Waals surface area contributed by atoms with E-state index in [9.17, 15) is 9.59 Å². The maximum atomic E-state index is 12.6. The lowest BCUT2D eigenvalue weighted by atomic mass is 9.72. The summed E-state index contributed by atoms with van der Waals surface area (Å²) in [4.78, 5) is 36.9. The highest BCUT2D eigenvalue weighted by molar-refractivity contribution is 5.92. The van der Waals surface area contributed by atoms with Crippen LogP contribution in [0.5, 0.6) is 0 Å². The first kappa shape index (κ1) is 17.4. The number of piperidine rings is 2. The highest BCUT2D eigenvalue weighted by Gasteiger charge is 2.42. The standard InChI is InChI=1S/C19H26N4O3/c24-17-3-4-19(14-23(17)13-15-2-1-11-26-15)5-9-22(10-6-19)18(25)16-12-20-7-8-21-16/h7-8,12,15H,1-6,9-11,13-14H2. The molecule has 3 aliphatic heterocycles. The van der Waals surface area contributed by atoms with E-state index in [1.807, 2.05) is 9.80 Å². The number of carbonyl (C=O) groups is 2. The smallest absolute Gasteiger partial charge is 0.274 e. The second-order valence-corrected chi connectivity index (χ2v) is 7.79. The van der Waals surface area contributed by atoms with Crippen LogP contribution in [-0.4, -0.2) is 70.5 Å².